The minimum Gasteiger partial charge on any atom is -0.465 e. The second-order valence-electron chi connectivity index (χ2n) is 7.29. The molecule has 1 aliphatic heterocycles. The lowest BCUT2D eigenvalue weighted by Gasteiger charge is -2.33. The van der Waals surface area contributed by atoms with E-state index in [1.165, 1.54) is 12.1 Å². The number of hydrogen-bond acceptors (Lipinski definition) is 4. The van der Waals surface area contributed by atoms with Crippen LogP contribution in [-0.4, -0.2) is 62.2 Å². The maximum absolute atomic E-state index is 13.2. The number of nitrogens with zero attached hydrogens (tertiary/aromatic N) is 3. The van der Waals surface area contributed by atoms with Crippen LogP contribution in [0, 0.1) is 12.7 Å². The number of furan rings is 1. The molecule has 1 N–H and O–H groups in total. The summed E-state index contributed by atoms with van der Waals surface area (Å²) in [6, 6.07) is 10.7. The number of nitrogens with one attached hydrogen (secondary N) is 1. The smallest absolute Gasteiger partial charge is 0.194 e. The van der Waals surface area contributed by atoms with Gasteiger partial charge in [0.05, 0.1) is 25.8 Å². The Morgan fingerprint density at radius 3 is 2.55 bits per heavy atom. The topological polar surface area (TPSA) is 53.2 Å². The Balaban J connectivity index is 1.74. The summed E-state index contributed by atoms with van der Waals surface area (Å²) in [5.41, 5.74) is 1.03. The number of benzene rings is 1. The van der Waals surface area contributed by atoms with E-state index in [1.54, 1.807) is 12.1 Å². The minimum atomic E-state index is -0.223. The SMILES string of the molecule is CCNC(=NCC(c1ccc(C)o1)N1CCOCC1)N(C)Cc1ccc(F)cc1. The van der Waals surface area contributed by atoms with Crippen LogP contribution in [-0.2, 0) is 11.3 Å². The van der Waals surface area contributed by atoms with Crippen molar-refractivity contribution in [1.82, 2.24) is 15.1 Å². The molecule has 0 amide bonds. The Morgan fingerprint density at radius 1 is 1.21 bits per heavy atom. The summed E-state index contributed by atoms with van der Waals surface area (Å²) < 4.78 is 24.6. The first-order chi connectivity index (χ1) is 14.1. The molecule has 1 fully saturated rings. The van der Waals surface area contributed by atoms with Crippen molar-refractivity contribution in [2.45, 2.75) is 26.4 Å². The van der Waals surface area contributed by atoms with Crippen LogP contribution in [0.25, 0.3) is 0 Å². The highest BCUT2D eigenvalue weighted by Crippen LogP contribution is 2.24. The van der Waals surface area contributed by atoms with E-state index >= 15 is 0 Å². The average molecular weight is 403 g/mol. The molecule has 1 saturated heterocycles. The van der Waals surface area contributed by atoms with E-state index in [4.69, 9.17) is 14.1 Å². The summed E-state index contributed by atoms with van der Waals surface area (Å²) in [6.45, 7) is 9.20. The van der Waals surface area contributed by atoms with Crippen LogP contribution in [0.1, 0.15) is 30.0 Å². The average Bonchev–Trinajstić information content (AvgIpc) is 3.16. The molecule has 1 aromatic heterocycles. The monoisotopic (exact) mass is 402 g/mol. The molecule has 158 valence electrons. The number of halogens is 1. The fourth-order valence-corrected chi connectivity index (χ4v) is 3.49. The Hall–Kier alpha value is -2.38. The summed E-state index contributed by atoms with van der Waals surface area (Å²) in [6.07, 6.45) is 0. The highest BCUT2D eigenvalue weighted by molar-refractivity contribution is 5.79. The third-order valence-electron chi connectivity index (χ3n) is 5.02. The largest absolute Gasteiger partial charge is 0.465 e. The van der Waals surface area contributed by atoms with Gasteiger partial charge >= 0.3 is 0 Å². The zero-order chi connectivity index (χ0) is 20.6. The molecule has 0 spiro atoms. The molecule has 1 atom stereocenters. The summed E-state index contributed by atoms with van der Waals surface area (Å²) in [7, 11) is 1.99. The fraction of sp³-hybridized carbons (Fsp3) is 0.500. The second kappa shape index (κ2) is 10.4. The number of rotatable bonds is 7. The third kappa shape index (κ3) is 6.05. The van der Waals surface area contributed by atoms with Crippen molar-refractivity contribution in [1.29, 1.82) is 0 Å². The summed E-state index contributed by atoms with van der Waals surface area (Å²) >= 11 is 0. The van der Waals surface area contributed by atoms with Crippen LogP contribution < -0.4 is 5.32 Å². The number of ether oxygens (including phenoxy) is 1. The molecule has 1 aromatic carbocycles. The number of hydrogen-bond donors (Lipinski definition) is 1. The molecule has 29 heavy (non-hydrogen) atoms. The Morgan fingerprint density at radius 2 is 1.93 bits per heavy atom. The third-order valence-corrected chi connectivity index (χ3v) is 5.02. The van der Waals surface area contributed by atoms with Gasteiger partial charge in [0.2, 0.25) is 0 Å². The van der Waals surface area contributed by atoms with Crippen LogP contribution in [0.2, 0.25) is 0 Å². The molecule has 2 aromatic rings. The van der Waals surface area contributed by atoms with Gasteiger partial charge in [0.25, 0.3) is 0 Å². The summed E-state index contributed by atoms with van der Waals surface area (Å²) in [5.74, 6) is 2.44. The highest BCUT2D eigenvalue weighted by Gasteiger charge is 2.25. The normalized spacial score (nSPS) is 16.6. The Labute approximate surface area is 172 Å². The summed E-state index contributed by atoms with van der Waals surface area (Å²) in [5, 5.41) is 3.36. The van der Waals surface area contributed by atoms with Gasteiger partial charge in [-0.15, -0.1) is 0 Å². The minimum absolute atomic E-state index is 0.0699. The molecule has 1 aliphatic rings. The van der Waals surface area contributed by atoms with Crippen LogP contribution in [0.3, 0.4) is 0 Å². The molecular formula is C22H31FN4O2. The lowest BCUT2D eigenvalue weighted by Crippen LogP contribution is -2.42. The van der Waals surface area contributed by atoms with Crippen molar-refractivity contribution in [3.8, 4) is 0 Å². The van der Waals surface area contributed by atoms with Crippen molar-refractivity contribution in [3.63, 3.8) is 0 Å². The fourth-order valence-electron chi connectivity index (χ4n) is 3.49. The van der Waals surface area contributed by atoms with Crippen LogP contribution >= 0.6 is 0 Å². The standard InChI is InChI=1S/C22H31FN4O2/c1-4-24-22(26(3)16-18-6-8-19(23)9-7-18)25-15-20(21-10-5-17(2)29-21)27-11-13-28-14-12-27/h5-10,20H,4,11-16H2,1-3H3,(H,24,25). The van der Waals surface area contributed by atoms with Gasteiger partial charge < -0.3 is 19.4 Å². The quantitative estimate of drug-likeness (QED) is 0.569. The van der Waals surface area contributed by atoms with E-state index in [1.807, 2.05) is 26.1 Å². The van der Waals surface area contributed by atoms with Gasteiger partial charge in [-0.05, 0) is 43.7 Å². The number of morpholine rings is 1. The van der Waals surface area contributed by atoms with Gasteiger partial charge in [0, 0.05) is 33.2 Å². The number of aryl methyl sites for hydroxylation is 1. The van der Waals surface area contributed by atoms with Gasteiger partial charge in [0.1, 0.15) is 17.3 Å². The maximum Gasteiger partial charge on any atom is 0.194 e. The van der Waals surface area contributed by atoms with Crippen molar-refractivity contribution < 1.29 is 13.5 Å². The number of aliphatic imine (C=N–C) groups is 1. The van der Waals surface area contributed by atoms with Gasteiger partial charge in [-0.3, -0.25) is 9.89 Å². The molecule has 0 aliphatic carbocycles. The first kappa shape index (κ1) is 21.3. The van der Waals surface area contributed by atoms with E-state index in [0.717, 1.165) is 55.9 Å². The van der Waals surface area contributed by atoms with E-state index in [0.29, 0.717) is 13.1 Å². The molecule has 2 heterocycles. The molecule has 1 unspecified atom stereocenters. The summed E-state index contributed by atoms with van der Waals surface area (Å²) in [4.78, 5) is 9.33. The van der Waals surface area contributed by atoms with Crippen molar-refractivity contribution >= 4 is 5.96 Å². The van der Waals surface area contributed by atoms with Gasteiger partial charge in [-0.1, -0.05) is 12.1 Å². The van der Waals surface area contributed by atoms with Gasteiger partial charge in [-0.2, -0.15) is 0 Å². The zero-order valence-electron chi connectivity index (χ0n) is 17.5. The van der Waals surface area contributed by atoms with Gasteiger partial charge in [-0.25, -0.2) is 4.39 Å². The van der Waals surface area contributed by atoms with Crippen LogP contribution in [0.4, 0.5) is 4.39 Å². The molecule has 0 bridgehead atoms. The van der Waals surface area contributed by atoms with E-state index in [9.17, 15) is 4.39 Å². The van der Waals surface area contributed by atoms with Gasteiger partial charge in [0.15, 0.2) is 5.96 Å². The molecule has 0 radical (unpaired) electrons. The predicted molar refractivity (Wildman–Crippen MR) is 112 cm³/mol. The van der Waals surface area contributed by atoms with Crippen LogP contribution in [0.5, 0.6) is 0 Å². The van der Waals surface area contributed by atoms with Crippen molar-refractivity contribution in [2.75, 3.05) is 46.4 Å². The highest BCUT2D eigenvalue weighted by atomic mass is 19.1. The molecule has 7 heteroatoms. The van der Waals surface area contributed by atoms with E-state index in [2.05, 4.69) is 22.0 Å². The molecule has 6 nitrogen and oxygen atoms in total. The lowest BCUT2D eigenvalue weighted by molar-refractivity contribution is 0.0135. The van der Waals surface area contributed by atoms with Crippen molar-refractivity contribution in [3.05, 3.63) is 59.3 Å². The molecular weight excluding hydrogens is 371 g/mol. The van der Waals surface area contributed by atoms with Crippen LogP contribution in [0.15, 0.2) is 45.8 Å². The van der Waals surface area contributed by atoms with E-state index in [-0.39, 0.29) is 11.9 Å². The molecule has 0 saturated carbocycles. The Bertz CT molecular complexity index is 784. The van der Waals surface area contributed by atoms with Crippen molar-refractivity contribution in [2.24, 2.45) is 4.99 Å². The Kier molecular flexibility index (Phi) is 7.66. The predicted octanol–water partition coefficient (Wildman–Crippen LogP) is 3.20. The molecule has 3 rings (SSSR count). The second-order valence-corrected chi connectivity index (χ2v) is 7.29. The number of guanidine groups is 1. The maximum atomic E-state index is 13.2. The first-order valence-electron chi connectivity index (χ1n) is 10.2. The lowest BCUT2D eigenvalue weighted by atomic mass is 10.1. The van der Waals surface area contributed by atoms with E-state index < -0.39 is 0 Å². The first-order valence-corrected chi connectivity index (χ1v) is 10.2. The zero-order valence-corrected chi connectivity index (χ0v) is 17.5.